The maximum Gasteiger partial charge on any atom is 0.129 e. The molecule has 0 bridgehead atoms. The van der Waals surface area contributed by atoms with E-state index in [0.29, 0.717) is 5.75 Å². The van der Waals surface area contributed by atoms with Crippen LogP contribution in [-0.4, -0.2) is 23.2 Å². The van der Waals surface area contributed by atoms with Gasteiger partial charge >= 0.3 is 0 Å². The molecule has 1 saturated heterocycles. The Morgan fingerprint density at radius 2 is 2.12 bits per heavy atom. The molecule has 1 heterocycles. The van der Waals surface area contributed by atoms with Gasteiger partial charge < -0.3 is 10.4 Å². The summed E-state index contributed by atoms with van der Waals surface area (Å²) in [5, 5.41) is 12.9. The molecule has 1 aliphatic heterocycles. The first-order valence-electron chi connectivity index (χ1n) is 6.01. The van der Waals surface area contributed by atoms with Gasteiger partial charge in [-0.3, -0.25) is 0 Å². The molecule has 1 aliphatic rings. The zero-order chi connectivity index (χ0) is 12.1. The normalized spacial score (nSPS) is 17.2. The third-order valence-electron chi connectivity index (χ3n) is 3.12. The van der Waals surface area contributed by atoms with Crippen LogP contribution in [0.2, 0.25) is 0 Å². The molecule has 1 aromatic carbocycles. The minimum absolute atomic E-state index is 0.304. The van der Waals surface area contributed by atoms with Gasteiger partial charge in [0.25, 0.3) is 0 Å². The fraction of sp³-hybridized carbons (Fsp3) is 0.538. The first kappa shape index (κ1) is 13.2. The second-order valence-electron chi connectivity index (χ2n) is 4.47. The predicted molar refractivity (Wildman–Crippen MR) is 77.6 cm³/mol. The Labute approximate surface area is 115 Å². The molecule has 0 aliphatic carbocycles. The minimum atomic E-state index is 0.304. The van der Waals surface area contributed by atoms with Crippen molar-refractivity contribution in [1.29, 1.82) is 0 Å². The lowest BCUT2D eigenvalue weighted by Crippen LogP contribution is -2.25. The van der Waals surface area contributed by atoms with Gasteiger partial charge in [-0.25, -0.2) is 0 Å². The van der Waals surface area contributed by atoms with Crippen LogP contribution in [0.1, 0.15) is 18.4 Å². The Morgan fingerprint density at radius 1 is 1.35 bits per heavy atom. The highest BCUT2D eigenvalue weighted by Gasteiger charge is 2.12. The summed E-state index contributed by atoms with van der Waals surface area (Å²) >= 11 is 5.40. The van der Waals surface area contributed by atoms with Gasteiger partial charge in [0.2, 0.25) is 0 Å². The number of rotatable bonds is 4. The summed E-state index contributed by atoms with van der Waals surface area (Å²) in [6, 6.07) is 5.67. The monoisotopic (exact) mass is 315 g/mol. The van der Waals surface area contributed by atoms with E-state index in [4.69, 9.17) is 0 Å². The standard InChI is InChI=1S/C13H18BrNOS/c14-12-7-11(1-2-13(12)16)9-15-8-10-3-5-17-6-4-10/h1-2,7,10,15-16H,3-6,8-9H2. The molecule has 1 fully saturated rings. The number of aromatic hydroxyl groups is 1. The average molecular weight is 316 g/mol. The number of phenolic OH excluding ortho intramolecular Hbond substituents is 1. The molecule has 0 saturated carbocycles. The van der Waals surface area contributed by atoms with Crippen LogP contribution in [0.15, 0.2) is 22.7 Å². The summed E-state index contributed by atoms with van der Waals surface area (Å²) in [7, 11) is 0. The number of benzene rings is 1. The van der Waals surface area contributed by atoms with Crippen LogP contribution < -0.4 is 5.32 Å². The van der Waals surface area contributed by atoms with Crippen molar-refractivity contribution in [3.8, 4) is 5.75 Å². The van der Waals surface area contributed by atoms with E-state index >= 15 is 0 Å². The van der Waals surface area contributed by atoms with Gasteiger partial charge in [0.05, 0.1) is 4.47 Å². The van der Waals surface area contributed by atoms with E-state index in [0.717, 1.165) is 23.5 Å². The highest BCUT2D eigenvalue weighted by atomic mass is 79.9. The summed E-state index contributed by atoms with van der Waals surface area (Å²) in [5.41, 5.74) is 1.21. The van der Waals surface area contributed by atoms with Crippen LogP contribution in [0, 0.1) is 5.92 Å². The number of halogens is 1. The Hall–Kier alpha value is -0.190. The molecule has 4 heteroatoms. The van der Waals surface area contributed by atoms with Crippen molar-refractivity contribution < 1.29 is 5.11 Å². The number of hydrogen-bond acceptors (Lipinski definition) is 3. The molecule has 94 valence electrons. The van der Waals surface area contributed by atoms with E-state index < -0.39 is 0 Å². The molecule has 0 unspecified atom stereocenters. The highest BCUT2D eigenvalue weighted by Crippen LogP contribution is 2.24. The van der Waals surface area contributed by atoms with E-state index in [2.05, 4.69) is 33.0 Å². The fourth-order valence-corrected chi connectivity index (χ4v) is 3.66. The second-order valence-corrected chi connectivity index (χ2v) is 6.55. The third kappa shape index (κ3) is 4.19. The minimum Gasteiger partial charge on any atom is -0.507 e. The van der Waals surface area contributed by atoms with Gasteiger partial charge in [0.15, 0.2) is 0 Å². The molecular formula is C13H18BrNOS. The summed E-state index contributed by atoms with van der Waals surface area (Å²) in [4.78, 5) is 0. The highest BCUT2D eigenvalue weighted by molar-refractivity contribution is 9.10. The molecule has 0 atom stereocenters. The quantitative estimate of drug-likeness (QED) is 0.893. The SMILES string of the molecule is Oc1ccc(CNCC2CCSCC2)cc1Br. The Morgan fingerprint density at radius 3 is 2.82 bits per heavy atom. The maximum absolute atomic E-state index is 9.40. The van der Waals surface area contributed by atoms with Crippen molar-refractivity contribution in [2.24, 2.45) is 5.92 Å². The average Bonchev–Trinajstić information content (AvgIpc) is 2.35. The van der Waals surface area contributed by atoms with Gasteiger partial charge in [-0.05, 0) is 70.4 Å². The lowest BCUT2D eigenvalue weighted by Gasteiger charge is -2.21. The molecule has 17 heavy (non-hydrogen) atoms. The summed E-state index contributed by atoms with van der Waals surface area (Å²) in [5.74, 6) is 3.78. The van der Waals surface area contributed by atoms with Crippen LogP contribution in [0.5, 0.6) is 5.75 Å². The molecule has 0 spiro atoms. The number of thioether (sulfide) groups is 1. The maximum atomic E-state index is 9.40. The van der Waals surface area contributed by atoms with Gasteiger partial charge in [-0.1, -0.05) is 6.07 Å². The van der Waals surface area contributed by atoms with E-state index in [1.54, 1.807) is 6.07 Å². The van der Waals surface area contributed by atoms with Crippen molar-refractivity contribution in [3.05, 3.63) is 28.2 Å². The lowest BCUT2D eigenvalue weighted by molar-refractivity contribution is 0.447. The van der Waals surface area contributed by atoms with E-state index in [1.165, 1.54) is 29.9 Å². The Kier molecular flexibility index (Phi) is 5.19. The number of hydrogen-bond donors (Lipinski definition) is 2. The predicted octanol–water partition coefficient (Wildman–Crippen LogP) is 3.39. The van der Waals surface area contributed by atoms with Crippen molar-refractivity contribution in [2.45, 2.75) is 19.4 Å². The molecule has 2 nitrogen and oxygen atoms in total. The summed E-state index contributed by atoms with van der Waals surface area (Å²) in [6.45, 7) is 1.99. The van der Waals surface area contributed by atoms with Gasteiger partial charge in [-0.2, -0.15) is 11.8 Å². The molecule has 0 radical (unpaired) electrons. The zero-order valence-electron chi connectivity index (χ0n) is 9.79. The largest absolute Gasteiger partial charge is 0.507 e. The molecule has 0 amide bonds. The van der Waals surface area contributed by atoms with Crippen molar-refractivity contribution in [2.75, 3.05) is 18.1 Å². The zero-order valence-corrected chi connectivity index (χ0v) is 12.2. The summed E-state index contributed by atoms with van der Waals surface area (Å²) < 4.78 is 0.769. The number of nitrogens with one attached hydrogen (secondary N) is 1. The van der Waals surface area contributed by atoms with E-state index in [9.17, 15) is 5.11 Å². The Balaban J connectivity index is 1.75. The van der Waals surface area contributed by atoms with Crippen LogP contribution in [0.3, 0.4) is 0 Å². The van der Waals surface area contributed by atoms with Crippen LogP contribution >= 0.6 is 27.7 Å². The van der Waals surface area contributed by atoms with Gasteiger partial charge in [0.1, 0.15) is 5.75 Å². The fourth-order valence-electron chi connectivity index (χ4n) is 2.03. The van der Waals surface area contributed by atoms with Gasteiger partial charge in [0, 0.05) is 6.54 Å². The molecule has 2 N–H and O–H groups in total. The van der Waals surface area contributed by atoms with Crippen LogP contribution in [-0.2, 0) is 6.54 Å². The van der Waals surface area contributed by atoms with Crippen LogP contribution in [0.25, 0.3) is 0 Å². The smallest absolute Gasteiger partial charge is 0.129 e. The Bertz CT molecular complexity index is 366. The van der Waals surface area contributed by atoms with Gasteiger partial charge in [-0.15, -0.1) is 0 Å². The van der Waals surface area contributed by atoms with Crippen molar-refractivity contribution in [3.63, 3.8) is 0 Å². The molecule has 0 aromatic heterocycles. The van der Waals surface area contributed by atoms with Crippen LogP contribution in [0.4, 0.5) is 0 Å². The molecule has 2 rings (SSSR count). The van der Waals surface area contributed by atoms with E-state index in [-0.39, 0.29) is 0 Å². The topological polar surface area (TPSA) is 32.3 Å². The first-order valence-corrected chi connectivity index (χ1v) is 7.96. The van der Waals surface area contributed by atoms with E-state index in [1.807, 2.05) is 12.1 Å². The number of phenols is 1. The van der Waals surface area contributed by atoms with Crippen molar-refractivity contribution in [1.82, 2.24) is 5.32 Å². The molecular weight excluding hydrogens is 298 g/mol. The first-order chi connectivity index (χ1) is 8.25. The molecule has 1 aromatic rings. The van der Waals surface area contributed by atoms with Crippen molar-refractivity contribution >= 4 is 27.7 Å². The third-order valence-corrected chi connectivity index (χ3v) is 4.80. The lowest BCUT2D eigenvalue weighted by atomic mass is 10.0. The summed E-state index contributed by atoms with van der Waals surface area (Å²) in [6.07, 6.45) is 2.69. The second kappa shape index (κ2) is 6.66.